The predicted molar refractivity (Wildman–Crippen MR) is 111 cm³/mol. The maximum absolute atomic E-state index is 11.9. The first-order valence-corrected chi connectivity index (χ1v) is 10.7. The van der Waals surface area contributed by atoms with Crippen LogP contribution < -0.4 is 15.1 Å². The molecule has 4 rings (SSSR count). The SMILES string of the molecule is O=c1ccc2ccc(OC3OC(CO)C(O)C(O)C3O)c(OC3OC(CO)C(O)C(O)C3O)c2o1. The number of hydrogen-bond donors (Lipinski definition) is 8. The molecule has 0 aliphatic carbocycles. The minimum absolute atomic E-state index is 0.184. The van der Waals surface area contributed by atoms with Crippen molar-refractivity contribution in [3.8, 4) is 11.5 Å². The van der Waals surface area contributed by atoms with Crippen LogP contribution in [0.4, 0.5) is 0 Å². The summed E-state index contributed by atoms with van der Waals surface area (Å²) in [4.78, 5) is 11.9. The molecule has 2 aliphatic heterocycles. The number of fused-ring (bicyclic) bond motifs is 1. The third-order valence-electron chi connectivity index (χ3n) is 5.88. The van der Waals surface area contributed by atoms with Crippen molar-refractivity contribution in [1.82, 2.24) is 0 Å². The molecule has 2 fully saturated rings. The second-order valence-electron chi connectivity index (χ2n) is 8.20. The molecule has 1 aromatic heterocycles. The van der Waals surface area contributed by atoms with E-state index in [-0.39, 0.29) is 17.1 Å². The standard InChI is InChI=1S/C21H26O14/c22-5-9-12(25)14(27)16(29)20(32-9)31-8-3-1-7-2-4-11(24)34-18(7)19(8)35-21-17(30)15(28)13(26)10(6-23)33-21/h1-4,9-10,12-17,20-23,25-30H,5-6H2. The Hall–Kier alpha value is -2.37. The number of rotatable bonds is 6. The number of hydrogen-bond acceptors (Lipinski definition) is 14. The lowest BCUT2D eigenvalue weighted by Crippen LogP contribution is -2.60. The van der Waals surface area contributed by atoms with Crippen molar-refractivity contribution in [2.24, 2.45) is 0 Å². The van der Waals surface area contributed by atoms with Gasteiger partial charge in [0.15, 0.2) is 11.3 Å². The van der Waals surface area contributed by atoms with Gasteiger partial charge in [0.05, 0.1) is 13.2 Å². The maximum Gasteiger partial charge on any atom is 0.336 e. The quantitative estimate of drug-likeness (QED) is 0.177. The van der Waals surface area contributed by atoms with Crippen LogP contribution in [0.25, 0.3) is 11.0 Å². The highest BCUT2D eigenvalue weighted by Gasteiger charge is 2.47. The molecular weight excluding hydrogens is 476 g/mol. The Kier molecular flexibility index (Phi) is 7.58. The number of aliphatic hydroxyl groups is 8. The average molecular weight is 502 g/mol. The van der Waals surface area contributed by atoms with Crippen molar-refractivity contribution in [2.45, 2.75) is 61.4 Å². The Morgan fingerprint density at radius 2 is 1.20 bits per heavy atom. The van der Waals surface area contributed by atoms with E-state index in [0.29, 0.717) is 5.39 Å². The van der Waals surface area contributed by atoms with Gasteiger partial charge in [0, 0.05) is 11.5 Å². The highest BCUT2D eigenvalue weighted by molar-refractivity contribution is 5.85. The molecule has 194 valence electrons. The van der Waals surface area contributed by atoms with E-state index >= 15 is 0 Å². The molecule has 10 unspecified atom stereocenters. The highest BCUT2D eigenvalue weighted by Crippen LogP contribution is 2.39. The van der Waals surface area contributed by atoms with Crippen LogP contribution in [0, 0.1) is 0 Å². The molecule has 14 nitrogen and oxygen atoms in total. The Balaban J connectivity index is 1.72. The van der Waals surface area contributed by atoms with Gasteiger partial charge in [0.25, 0.3) is 0 Å². The monoisotopic (exact) mass is 502 g/mol. The summed E-state index contributed by atoms with van der Waals surface area (Å²) < 4.78 is 27.2. The summed E-state index contributed by atoms with van der Waals surface area (Å²) in [5.74, 6) is -0.588. The van der Waals surface area contributed by atoms with E-state index in [1.54, 1.807) is 0 Å². The third-order valence-corrected chi connectivity index (χ3v) is 5.88. The number of ether oxygens (including phenoxy) is 4. The summed E-state index contributed by atoms with van der Waals surface area (Å²) in [6.45, 7) is -1.42. The molecular formula is C21H26O14. The fourth-order valence-corrected chi connectivity index (χ4v) is 3.86. The van der Waals surface area contributed by atoms with Crippen molar-refractivity contribution in [3.05, 3.63) is 34.7 Å². The zero-order valence-electron chi connectivity index (χ0n) is 18.0. The zero-order valence-corrected chi connectivity index (χ0v) is 18.0. The maximum atomic E-state index is 11.9. The first-order chi connectivity index (χ1) is 16.7. The molecule has 8 N–H and O–H groups in total. The van der Waals surface area contributed by atoms with Crippen LogP contribution in [0.2, 0.25) is 0 Å². The number of aliphatic hydroxyl groups excluding tert-OH is 8. The van der Waals surface area contributed by atoms with Gasteiger partial charge in [0.1, 0.15) is 48.8 Å². The summed E-state index contributed by atoms with van der Waals surface area (Å²) in [6.07, 6.45) is -16.2. The summed E-state index contributed by atoms with van der Waals surface area (Å²) in [7, 11) is 0. The molecule has 0 amide bonds. The fourth-order valence-electron chi connectivity index (χ4n) is 3.86. The van der Waals surface area contributed by atoms with Crippen LogP contribution in [0.1, 0.15) is 0 Å². The molecule has 3 heterocycles. The minimum atomic E-state index is -1.81. The fraction of sp³-hybridized carbons (Fsp3) is 0.571. The molecule has 0 spiro atoms. The molecule has 0 bridgehead atoms. The van der Waals surface area contributed by atoms with Gasteiger partial charge in [-0.25, -0.2) is 4.79 Å². The lowest BCUT2D eigenvalue weighted by Gasteiger charge is -2.40. The smallest absolute Gasteiger partial charge is 0.336 e. The van der Waals surface area contributed by atoms with Gasteiger partial charge in [-0.15, -0.1) is 0 Å². The van der Waals surface area contributed by atoms with E-state index in [1.807, 2.05) is 0 Å². The van der Waals surface area contributed by atoms with Crippen molar-refractivity contribution in [1.29, 1.82) is 0 Å². The van der Waals surface area contributed by atoms with Gasteiger partial charge in [-0.2, -0.15) is 0 Å². The summed E-state index contributed by atoms with van der Waals surface area (Å²) in [5.41, 5.74) is -0.960. The highest BCUT2D eigenvalue weighted by atomic mass is 16.7. The van der Waals surface area contributed by atoms with E-state index in [0.717, 1.165) is 6.07 Å². The van der Waals surface area contributed by atoms with E-state index in [4.69, 9.17) is 23.4 Å². The van der Waals surface area contributed by atoms with Crippen LogP contribution in [0.5, 0.6) is 11.5 Å². The Morgan fingerprint density at radius 3 is 1.74 bits per heavy atom. The van der Waals surface area contributed by atoms with Crippen molar-refractivity contribution in [3.63, 3.8) is 0 Å². The second kappa shape index (κ2) is 10.3. The van der Waals surface area contributed by atoms with Crippen molar-refractivity contribution in [2.75, 3.05) is 13.2 Å². The van der Waals surface area contributed by atoms with E-state index < -0.39 is 80.3 Å². The van der Waals surface area contributed by atoms with E-state index in [2.05, 4.69) is 0 Å². The lowest BCUT2D eigenvalue weighted by molar-refractivity contribution is -0.282. The topological polar surface area (TPSA) is 229 Å². The summed E-state index contributed by atoms with van der Waals surface area (Å²) in [6, 6.07) is 5.32. The Bertz CT molecular complexity index is 1070. The molecule has 2 aromatic rings. The Labute approximate surface area is 196 Å². The van der Waals surface area contributed by atoms with Crippen LogP contribution in [-0.4, -0.2) is 115 Å². The average Bonchev–Trinajstić information content (AvgIpc) is 2.85. The first kappa shape index (κ1) is 25.7. The van der Waals surface area contributed by atoms with Crippen molar-refractivity contribution >= 4 is 11.0 Å². The number of benzene rings is 1. The van der Waals surface area contributed by atoms with Gasteiger partial charge >= 0.3 is 5.63 Å². The van der Waals surface area contributed by atoms with Gasteiger partial charge < -0.3 is 64.2 Å². The van der Waals surface area contributed by atoms with Gasteiger partial charge in [-0.05, 0) is 18.2 Å². The van der Waals surface area contributed by atoms with Crippen LogP contribution in [-0.2, 0) is 9.47 Å². The second-order valence-corrected chi connectivity index (χ2v) is 8.20. The van der Waals surface area contributed by atoms with E-state index in [1.165, 1.54) is 18.2 Å². The summed E-state index contributed by atoms with van der Waals surface area (Å²) in [5, 5.41) is 79.9. The lowest BCUT2D eigenvalue weighted by atomic mass is 9.99. The van der Waals surface area contributed by atoms with Crippen molar-refractivity contribution < 1.29 is 64.2 Å². The Morgan fingerprint density at radius 1 is 0.686 bits per heavy atom. The van der Waals surface area contributed by atoms with Gasteiger partial charge in [-0.3, -0.25) is 0 Å². The zero-order chi connectivity index (χ0) is 25.4. The van der Waals surface area contributed by atoms with Crippen LogP contribution in [0.15, 0.2) is 33.5 Å². The predicted octanol–water partition coefficient (Wildman–Crippen LogP) is -3.85. The minimum Gasteiger partial charge on any atom is -0.458 e. The molecule has 0 saturated carbocycles. The van der Waals surface area contributed by atoms with Crippen LogP contribution in [0.3, 0.4) is 0 Å². The molecule has 35 heavy (non-hydrogen) atoms. The molecule has 2 aliphatic rings. The molecule has 0 radical (unpaired) electrons. The normalized spacial score (nSPS) is 37.8. The molecule has 10 atom stereocenters. The summed E-state index contributed by atoms with van der Waals surface area (Å²) >= 11 is 0. The molecule has 14 heteroatoms. The molecule has 2 saturated heterocycles. The van der Waals surface area contributed by atoms with E-state index in [9.17, 15) is 45.6 Å². The van der Waals surface area contributed by atoms with Gasteiger partial charge in [0.2, 0.25) is 18.3 Å². The first-order valence-electron chi connectivity index (χ1n) is 10.7. The van der Waals surface area contributed by atoms with Crippen LogP contribution >= 0.6 is 0 Å². The third kappa shape index (κ3) is 4.85. The largest absolute Gasteiger partial charge is 0.458 e. The molecule has 1 aromatic carbocycles. The van der Waals surface area contributed by atoms with Gasteiger partial charge in [-0.1, -0.05) is 0 Å².